The summed E-state index contributed by atoms with van der Waals surface area (Å²) in [5, 5.41) is 0. The van der Waals surface area contributed by atoms with E-state index in [0.717, 1.165) is 21.5 Å². The summed E-state index contributed by atoms with van der Waals surface area (Å²) in [6, 6.07) is 3.79. The number of fused-ring (bicyclic) bond motifs is 1. The molecule has 0 saturated carbocycles. The lowest BCUT2D eigenvalue weighted by atomic mass is 10.1. The highest BCUT2D eigenvalue weighted by Crippen LogP contribution is 2.40. The van der Waals surface area contributed by atoms with Gasteiger partial charge in [-0.3, -0.25) is 0 Å². The highest BCUT2D eigenvalue weighted by atomic mass is 79.9. The summed E-state index contributed by atoms with van der Waals surface area (Å²) in [6.45, 7) is 2.20. The molecule has 0 aromatic heterocycles. The summed E-state index contributed by atoms with van der Waals surface area (Å²) >= 11 is 3.39. The molecule has 1 aromatic carbocycles. The molecule has 0 spiro atoms. The third-order valence-corrected chi connectivity index (χ3v) is 2.41. The highest BCUT2D eigenvalue weighted by Gasteiger charge is 2.20. The van der Waals surface area contributed by atoms with Crippen molar-refractivity contribution in [1.29, 1.82) is 0 Å². The third kappa shape index (κ3) is 1.51. The van der Waals surface area contributed by atoms with Gasteiger partial charge < -0.3 is 15.2 Å². The molecular formula is C9H10BrNO2. The molecule has 0 fully saturated rings. The van der Waals surface area contributed by atoms with Crippen LogP contribution in [0.15, 0.2) is 16.6 Å². The van der Waals surface area contributed by atoms with E-state index in [0.29, 0.717) is 0 Å². The fraction of sp³-hybridized carbons (Fsp3) is 0.333. The fourth-order valence-corrected chi connectivity index (χ4v) is 1.80. The second kappa shape index (κ2) is 3.20. The zero-order valence-electron chi connectivity index (χ0n) is 7.21. The summed E-state index contributed by atoms with van der Waals surface area (Å²) in [4.78, 5) is 0. The molecule has 2 N–H and O–H groups in total. The minimum atomic E-state index is -0.0482. The lowest BCUT2D eigenvalue weighted by molar-refractivity contribution is 0.173. The number of nitrogens with two attached hydrogens (primary N) is 1. The van der Waals surface area contributed by atoms with E-state index in [9.17, 15) is 0 Å². The van der Waals surface area contributed by atoms with Gasteiger partial charge in [-0.15, -0.1) is 0 Å². The fourth-order valence-electron chi connectivity index (χ4n) is 1.34. The Morgan fingerprint density at radius 3 is 2.92 bits per heavy atom. The summed E-state index contributed by atoms with van der Waals surface area (Å²) in [7, 11) is 0. The van der Waals surface area contributed by atoms with Gasteiger partial charge in [0, 0.05) is 16.1 Å². The van der Waals surface area contributed by atoms with Gasteiger partial charge >= 0.3 is 0 Å². The van der Waals surface area contributed by atoms with Crippen molar-refractivity contribution in [2.45, 2.75) is 13.0 Å². The molecule has 1 heterocycles. The molecule has 1 aromatic rings. The van der Waals surface area contributed by atoms with Gasteiger partial charge in [-0.05, 0) is 19.1 Å². The topological polar surface area (TPSA) is 44.5 Å². The van der Waals surface area contributed by atoms with Crippen LogP contribution >= 0.6 is 15.9 Å². The molecule has 2 rings (SSSR count). The van der Waals surface area contributed by atoms with Crippen LogP contribution in [0, 0.1) is 0 Å². The van der Waals surface area contributed by atoms with Gasteiger partial charge in [0.2, 0.25) is 6.79 Å². The maximum Gasteiger partial charge on any atom is 0.231 e. The molecule has 4 heteroatoms. The molecular weight excluding hydrogens is 234 g/mol. The Labute approximate surface area is 85.0 Å². The van der Waals surface area contributed by atoms with Gasteiger partial charge in [-0.25, -0.2) is 0 Å². The van der Waals surface area contributed by atoms with Crippen molar-refractivity contribution in [2.24, 2.45) is 5.73 Å². The van der Waals surface area contributed by atoms with E-state index in [2.05, 4.69) is 15.9 Å². The second-order valence-electron chi connectivity index (χ2n) is 3.02. The Kier molecular flexibility index (Phi) is 2.17. The Morgan fingerprint density at radius 1 is 1.46 bits per heavy atom. The van der Waals surface area contributed by atoms with Gasteiger partial charge in [0.1, 0.15) is 0 Å². The van der Waals surface area contributed by atoms with Gasteiger partial charge in [0.05, 0.1) is 0 Å². The Hall–Kier alpha value is -0.740. The maximum absolute atomic E-state index is 5.80. The monoisotopic (exact) mass is 243 g/mol. The van der Waals surface area contributed by atoms with Crippen LogP contribution < -0.4 is 15.2 Å². The van der Waals surface area contributed by atoms with Crippen LogP contribution in [-0.4, -0.2) is 6.79 Å². The number of ether oxygens (including phenoxy) is 2. The smallest absolute Gasteiger partial charge is 0.231 e. The van der Waals surface area contributed by atoms with Crippen molar-refractivity contribution >= 4 is 15.9 Å². The van der Waals surface area contributed by atoms with E-state index in [1.165, 1.54) is 0 Å². The molecule has 0 saturated heterocycles. The number of benzene rings is 1. The summed E-state index contributed by atoms with van der Waals surface area (Å²) in [6.07, 6.45) is 0. The normalized spacial score (nSPS) is 15.9. The van der Waals surface area contributed by atoms with Gasteiger partial charge in [-0.2, -0.15) is 0 Å². The first-order valence-electron chi connectivity index (χ1n) is 4.03. The second-order valence-corrected chi connectivity index (χ2v) is 3.93. The molecule has 3 nitrogen and oxygen atoms in total. The molecule has 1 atom stereocenters. The average molecular weight is 244 g/mol. The van der Waals surface area contributed by atoms with E-state index in [4.69, 9.17) is 15.2 Å². The van der Waals surface area contributed by atoms with E-state index in [1.807, 2.05) is 19.1 Å². The van der Waals surface area contributed by atoms with Crippen molar-refractivity contribution in [2.75, 3.05) is 6.79 Å². The van der Waals surface area contributed by atoms with Crippen LogP contribution in [-0.2, 0) is 0 Å². The molecule has 1 aliphatic rings. The molecule has 0 amide bonds. The number of halogens is 1. The minimum absolute atomic E-state index is 0.0482. The number of hydrogen-bond donors (Lipinski definition) is 1. The lowest BCUT2D eigenvalue weighted by Crippen LogP contribution is -2.06. The minimum Gasteiger partial charge on any atom is -0.454 e. The van der Waals surface area contributed by atoms with Crippen LogP contribution in [0.25, 0.3) is 0 Å². The van der Waals surface area contributed by atoms with Crippen LogP contribution in [0.2, 0.25) is 0 Å². The summed E-state index contributed by atoms with van der Waals surface area (Å²) < 4.78 is 11.5. The average Bonchev–Trinajstić information content (AvgIpc) is 2.49. The molecule has 0 radical (unpaired) electrons. The predicted molar refractivity (Wildman–Crippen MR) is 52.9 cm³/mol. The Bertz CT molecular complexity index is 339. The van der Waals surface area contributed by atoms with Crippen LogP contribution in [0.3, 0.4) is 0 Å². The highest BCUT2D eigenvalue weighted by molar-refractivity contribution is 9.10. The Morgan fingerprint density at radius 2 is 2.23 bits per heavy atom. The van der Waals surface area contributed by atoms with Gasteiger partial charge in [0.15, 0.2) is 11.5 Å². The quantitative estimate of drug-likeness (QED) is 0.823. The zero-order chi connectivity index (χ0) is 9.42. The molecule has 0 bridgehead atoms. The Balaban J connectivity index is 2.55. The number of hydrogen-bond acceptors (Lipinski definition) is 3. The maximum atomic E-state index is 5.80. The van der Waals surface area contributed by atoms with E-state index < -0.39 is 0 Å². The molecule has 13 heavy (non-hydrogen) atoms. The first-order valence-corrected chi connectivity index (χ1v) is 4.82. The standard InChI is InChI=1S/C9H10BrNO2/c1-5(11)7-2-6(10)3-8-9(7)13-4-12-8/h2-3,5H,4,11H2,1H3. The first kappa shape index (κ1) is 8.84. The molecule has 1 unspecified atom stereocenters. The van der Waals surface area contributed by atoms with Crippen LogP contribution in [0.5, 0.6) is 11.5 Å². The SMILES string of the molecule is CC(N)c1cc(Br)cc2c1OCO2. The molecule has 0 aliphatic carbocycles. The van der Waals surface area contributed by atoms with E-state index in [1.54, 1.807) is 0 Å². The first-order chi connectivity index (χ1) is 6.18. The third-order valence-electron chi connectivity index (χ3n) is 1.96. The molecule has 1 aliphatic heterocycles. The number of rotatable bonds is 1. The van der Waals surface area contributed by atoms with Crippen molar-refractivity contribution in [3.05, 3.63) is 22.2 Å². The van der Waals surface area contributed by atoms with Gasteiger partial charge in [0.25, 0.3) is 0 Å². The van der Waals surface area contributed by atoms with Crippen LogP contribution in [0.4, 0.5) is 0 Å². The zero-order valence-corrected chi connectivity index (χ0v) is 8.80. The summed E-state index contributed by atoms with van der Waals surface area (Å²) in [5.41, 5.74) is 6.77. The van der Waals surface area contributed by atoms with Crippen molar-refractivity contribution in [3.8, 4) is 11.5 Å². The summed E-state index contributed by atoms with van der Waals surface area (Å²) in [5.74, 6) is 1.54. The van der Waals surface area contributed by atoms with Crippen molar-refractivity contribution in [3.63, 3.8) is 0 Å². The van der Waals surface area contributed by atoms with Gasteiger partial charge in [-0.1, -0.05) is 15.9 Å². The molecule has 70 valence electrons. The van der Waals surface area contributed by atoms with Crippen LogP contribution in [0.1, 0.15) is 18.5 Å². The van der Waals surface area contributed by atoms with E-state index in [-0.39, 0.29) is 12.8 Å². The van der Waals surface area contributed by atoms with E-state index >= 15 is 0 Å². The lowest BCUT2D eigenvalue weighted by Gasteiger charge is -2.09. The van der Waals surface area contributed by atoms with Crippen molar-refractivity contribution in [1.82, 2.24) is 0 Å². The largest absolute Gasteiger partial charge is 0.454 e. The predicted octanol–water partition coefficient (Wildman–Crippen LogP) is 2.20. The van der Waals surface area contributed by atoms with Crippen molar-refractivity contribution < 1.29 is 9.47 Å².